The Bertz CT molecular complexity index is 818. The van der Waals surface area contributed by atoms with Crippen molar-refractivity contribution in [1.29, 1.82) is 0 Å². The number of hydrogen-bond acceptors (Lipinski definition) is 5. The lowest BCUT2D eigenvalue weighted by Crippen LogP contribution is -2.17. The van der Waals surface area contributed by atoms with Crippen molar-refractivity contribution in [3.8, 4) is 5.75 Å². The van der Waals surface area contributed by atoms with E-state index in [0.717, 1.165) is 0 Å². The third-order valence-corrected chi connectivity index (χ3v) is 4.91. The molecule has 0 bridgehead atoms. The van der Waals surface area contributed by atoms with E-state index in [1.165, 1.54) is 32.4 Å². The second-order valence-corrected chi connectivity index (χ2v) is 7.03. The Balaban J connectivity index is 2.40. The molecule has 0 spiro atoms. The predicted molar refractivity (Wildman–Crippen MR) is 89.3 cm³/mol. The quantitative estimate of drug-likeness (QED) is 0.781. The number of methoxy groups -OCH3 is 2. The number of rotatable bonds is 5. The first kappa shape index (κ1) is 17.3. The van der Waals surface area contributed by atoms with Crippen molar-refractivity contribution in [2.24, 2.45) is 0 Å². The van der Waals surface area contributed by atoms with Crippen molar-refractivity contribution in [3.63, 3.8) is 0 Å². The predicted octanol–water partition coefficient (Wildman–Crippen LogP) is 3.05. The summed E-state index contributed by atoms with van der Waals surface area (Å²) < 4.78 is 37.7. The molecule has 0 aliphatic rings. The average Bonchev–Trinajstić information content (AvgIpc) is 2.54. The number of carbonyl (C=O) groups excluding carboxylic acids is 1. The largest absolute Gasteiger partial charge is 0.497 e. The van der Waals surface area contributed by atoms with E-state index in [1.54, 1.807) is 24.3 Å². The topological polar surface area (TPSA) is 81.7 Å². The van der Waals surface area contributed by atoms with Gasteiger partial charge in [-0.25, -0.2) is 13.2 Å². The standard InChI is InChI=1S/C15H14BrNO5S/c1-21-12-6-4-11(5-7-12)17-23(19,20)14-8-3-10(16)9-13(14)15(18)22-2/h3-9,17H,1-2H3. The van der Waals surface area contributed by atoms with Crippen molar-refractivity contribution in [1.82, 2.24) is 0 Å². The number of halogens is 1. The maximum atomic E-state index is 12.5. The molecule has 0 aromatic heterocycles. The van der Waals surface area contributed by atoms with Gasteiger partial charge in [0.05, 0.1) is 19.8 Å². The molecule has 0 atom stereocenters. The van der Waals surface area contributed by atoms with Crippen molar-refractivity contribution in [3.05, 3.63) is 52.5 Å². The summed E-state index contributed by atoms with van der Waals surface area (Å²) in [5, 5.41) is 0. The number of anilines is 1. The molecule has 0 aliphatic carbocycles. The van der Waals surface area contributed by atoms with Crippen LogP contribution in [0.1, 0.15) is 10.4 Å². The molecule has 0 radical (unpaired) electrons. The summed E-state index contributed by atoms with van der Waals surface area (Å²) in [4.78, 5) is 11.7. The van der Waals surface area contributed by atoms with Crippen molar-refractivity contribution >= 4 is 37.6 Å². The molecule has 0 unspecified atom stereocenters. The van der Waals surface area contributed by atoms with Crippen LogP contribution in [-0.2, 0) is 14.8 Å². The van der Waals surface area contributed by atoms with Crippen LogP contribution < -0.4 is 9.46 Å². The normalized spacial score (nSPS) is 10.9. The number of esters is 1. The van der Waals surface area contributed by atoms with Crippen LogP contribution in [0.3, 0.4) is 0 Å². The Hall–Kier alpha value is -2.06. The minimum absolute atomic E-state index is 0.0529. The van der Waals surface area contributed by atoms with Crippen LogP contribution in [0.2, 0.25) is 0 Å². The molecule has 0 saturated carbocycles. The molecular weight excluding hydrogens is 386 g/mol. The molecule has 122 valence electrons. The number of benzene rings is 2. The minimum atomic E-state index is -3.95. The van der Waals surface area contributed by atoms with Gasteiger partial charge in [-0.3, -0.25) is 4.72 Å². The summed E-state index contributed by atoms with van der Waals surface area (Å²) in [6.07, 6.45) is 0. The fraction of sp³-hybridized carbons (Fsp3) is 0.133. The minimum Gasteiger partial charge on any atom is -0.497 e. The maximum Gasteiger partial charge on any atom is 0.339 e. The first-order valence-corrected chi connectivity index (χ1v) is 8.69. The molecular formula is C15H14BrNO5S. The molecule has 1 N–H and O–H groups in total. The van der Waals surface area contributed by atoms with Crippen molar-refractivity contribution < 1.29 is 22.7 Å². The van der Waals surface area contributed by atoms with Crippen molar-refractivity contribution in [2.75, 3.05) is 18.9 Å². The summed E-state index contributed by atoms with van der Waals surface area (Å²) in [5.74, 6) is -0.131. The molecule has 2 aromatic rings. The Labute approximate surface area is 142 Å². The molecule has 0 fully saturated rings. The summed E-state index contributed by atoms with van der Waals surface area (Å²) >= 11 is 3.21. The fourth-order valence-corrected chi connectivity index (χ4v) is 3.47. The van der Waals surface area contributed by atoms with Crippen LogP contribution in [0.4, 0.5) is 5.69 Å². The average molecular weight is 400 g/mol. The van der Waals surface area contributed by atoms with E-state index in [1.807, 2.05) is 0 Å². The summed E-state index contributed by atoms with van der Waals surface area (Å²) in [6, 6.07) is 10.6. The SMILES string of the molecule is COC(=O)c1cc(Br)ccc1S(=O)(=O)Nc1ccc(OC)cc1. The first-order valence-electron chi connectivity index (χ1n) is 6.42. The van der Waals surface area contributed by atoms with Crippen LogP contribution in [0, 0.1) is 0 Å². The van der Waals surface area contributed by atoms with Crippen LogP contribution in [0.25, 0.3) is 0 Å². The lowest BCUT2D eigenvalue weighted by atomic mass is 10.2. The van der Waals surface area contributed by atoms with E-state index >= 15 is 0 Å². The van der Waals surface area contributed by atoms with Gasteiger partial charge in [0.1, 0.15) is 10.6 Å². The van der Waals surface area contributed by atoms with Gasteiger partial charge in [0, 0.05) is 10.2 Å². The van der Waals surface area contributed by atoms with Crippen molar-refractivity contribution in [2.45, 2.75) is 4.90 Å². The summed E-state index contributed by atoms with van der Waals surface area (Å²) in [6.45, 7) is 0. The third-order valence-electron chi connectivity index (χ3n) is 2.98. The van der Waals surface area contributed by atoms with Gasteiger partial charge >= 0.3 is 5.97 Å². The van der Waals surface area contributed by atoms with Gasteiger partial charge in [-0.05, 0) is 42.5 Å². The molecule has 23 heavy (non-hydrogen) atoms. The van der Waals surface area contributed by atoms with E-state index in [4.69, 9.17) is 4.74 Å². The van der Waals surface area contributed by atoms with Gasteiger partial charge in [-0.2, -0.15) is 0 Å². The number of hydrogen-bond donors (Lipinski definition) is 1. The van der Waals surface area contributed by atoms with Gasteiger partial charge < -0.3 is 9.47 Å². The number of ether oxygens (including phenoxy) is 2. The Kier molecular flexibility index (Phi) is 5.27. The van der Waals surface area contributed by atoms with E-state index < -0.39 is 16.0 Å². The Morgan fingerprint density at radius 1 is 1.09 bits per heavy atom. The highest BCUT2D eigenvalue weighted by Crippen LogP contribution is 2.24. The molecule has 2 aromatic carbocycles. The molecule has 6 nitrogen and oxygen atoms in total. The summed E-state index contributed by atoms with van der Waals surface area (Å²) in [5.41, 5.74) is 0.299. The van der Waals surface area contributed by atoms with Gasteiger partial charge in [-0.15, -0.1) is 0 Å². The lowest BCUT2D eigenvalue weighted by Gasteiger charge is -2.12. The van der Waals surface area contributed by atoms with E-state index in [9.17, 15) is 13.2 Å². The number of sulfonamides is 1. The first-order chi connectivity index (χ1) is 10.9. The van der Waals surface area contributed by atoms with E-state index in [-0.39, 0.29) is 10.5 Å². The molecule has 2 rings (SSSR count). The van der Waals surface area contributed by atoms with Gasteiger partial charge in [0.15, 0.2) is 0 Å². The van der Waals surface area contributed by atoms with Gasteiger partial charge in [0.2, 0.25) is 0 Å². The van der Waals surface area contributed by atoms with Crippen LogP contribution in [0.15, 0.2) is 51.8 Å². The lowest BCUT2D eigenvalue weighted by molar-refractivity contribution is 0.0596. The summed E-state index contributed by atoms with van der Waals surface area (Å²) in [7, 11) is -1.24. The maximum absolute atomic E-state index is 12.5. The monoisotopic (exact) mass is 399 g/mol. The zero-order chi connectivity index (χ0) is 17.0. The zero-order valence-electron chi connectivity index (χ0n) is 12.4. The smallest absolute Gasteiger partial charge is 0.339 e. The molecule has 0 amide bonds. The fourth-order valence-electron chi connectivity index (χ4n) is 1.88. The van der Waals surface area contributed by atoms with Crippen LogP contribution in [0.5, 0.6) is 5.75 Å². The van der Waals surface area contributed by atoms with Crippen LogP contribution >= 0.6 is 15.9 Å². The van der Waals surface area contributed by atoms with Gasteiger partial charge in [0.25, 0.3) is 10.0 Å². The number of carbonyl (C=O) groups is 1. The molecule has 0 heterocycles. The molecule has 0 aliphatic heterocycles. The Morgan fingerprint density at radius 3 is 2.30 bits per heavy atom. The third kappa shape index (κ3) is 4.02. The zero-order valence-corrected chi connectivity index (χ0v) is 14.8. The Morgan fingerprint density at radius 2 is 1.74 bits per heavy atom. The van der Waals surface area contributed by atoms with Gasteiger partial charge in [-0.1, -0.05) is 15.9 Å². The van der Waals surface area contributed by atoms with E-state index in [0.29, 0.717) is 15.9 Å². The number of nitrogens with one attached hydrogen (secondary N) is 1. The van der Waals surface area contributed by atoms with Crippen LogP contribution in [-0.4, -0.2) is 28.6 Å². The highest BCUT2D eigenvalue weighted by atomic mass is 79.9. The molecule has 8 heteroatoms. The highest BCUT2D eigenvalue weighted by Gasteiger charge is 2.23. The molecule has 0 saturated heterocycles. The highest BCUT2D eigenvalue weighted by molar-refractivity contribution is 9.10. The van der Waals surface area contributed by atoms with E-state index in [2.05, 4.69) is 25.4 Å². The second kappa shape index (κ2) is 7.01. The second-order valence-electron chi connectivity index (χ2n) is 4.47.